The summed E-state index contributed by atoms with van der Waals surface area (Å²) < 4.78 is 11.6. The average Bonchev–Trinajstić information content (AvgIpc) is 3.12. The normalized spacial score (nSPS) is 15.6. The molecule has 146 valence electrons. The summed E-state index contributed by atoms with van der Waals surface area (Å²) in [7, 11) is 0. The zero-order valence-corrected chi connectivity index (χ0v) is 16.5. The summed E-state index contributed by atoms with van der Waals surface area (Å²) in [6, 6.07) is 9.99. The fraction of sp³-hybridized carbons (Fsp3) is 0.526. The predicted octanol–water partition coefficient (Wildman–Crippen LogP) is 3.24. The molecule has 0 saturated carbocycles. The molecule has 0 amide bonds. The first-order valence-electron chi connectivity index (χ1n) is 9.09. The van der Waals surface area contributed by atoms with Gasteiger partial charge in [0.05, 0.1) is 12.7 Å². The van der Waals surface area contributed by atoms with Gasteiger partial charge in [-0.25, -0.2) is 9.37 Å². The summed E-state index contributed by atoms with van der Waals surface area (Å²) in [6.07, 6.45) is 3.81. The summed E-state index contributed by atoms with van der Waals surface area (Å²) in [4.78, 5) is 11.3. The standard InChI is InChI=1S/C19H26ClN4O3/c1-3-5-10-19(11-21,16-6-8-17(20)9-7-16)12-24-14-23(13-22-24)15-27-18(25)26-4-2/h6-9,14,22H,3-5,10,12-13,15H2,1-2H3/q+1. The van der Waals surface area contributed by atoms with Crippen molar-refractivity contribution in [1.29, 1.82) is 5.26 Å². The van der Waals surface area contributed by atoms with Gasteiger partial charge >= 0.3 is 6.16 Å². The number of ether oxygens (including phenoxy) is 2. The van der Waals surface area contributed by atoms with Crippen LogP contribution in [0.25, 0.3) is 0 Å². The number of nitrogens with one attached hydrogen (secondary N) is 1. The Morgan fingerprint density at radius 2 is 2.11 bits per heavy atom. The second-order valence-corrected chi connectivity index (χ2v) is 6.85. The van der Waals surface area contributed by atoms with Crippen LogP contribution in [0.4, 0.5) is 4.79 Å². The number of rotatable bonds is 9. The van der Waals surface area contributed by atoms with E-state index in [-0.39, 0.29) is 13.3 Å². The maximum Gasteiger partial charge on any atom is 0.511 e. The lowest BCUT2D eigenvalue weighted by Crippen LogP contribution is -2.43. The van der Waals surface area contributed by atoms with Crippen LogP contribution in [-0.2, 0) is 14.9 Å². The van der Waals surface area contributed by atoms with Crippen molar-refractivity contribution in [3.05, 3.63) is 34.9 Å². The van der Waals surface area contributed by atoms with Gasteiger partial charge in [0.25, 0.3) is 6.34 Å². The highest BCUT2D eigenvalue weighted by atomic mass is 35.5. The Hall–Kier alpha value is -2.30. The molecule has 8 heteroatoms. The summed E-state index contributed by atoms with van der Waals surface area (Å²) >= 11 is 6.01. The molecule has 1 aromatic carbocycles. The third-order valence-corrected chi connectivity index (χ3v) is 4.65. The minimum Gasteiger partial charge on any atom is -0.434 e. The minimum atomic E-state index is -0.695. The molecule has 27 heavy (non-hydrogen) atoms. The molecule has 0 aliphatic carbocycles. The van der Waals surface area contributed by atoms with Crippen LogP contribution in [0.1, 0.15) is 38.7 Å². The van der Waals surface area contributed by atoms with E-state index in [9.17, 15) is 10.1 Å². The number of carbonyl (C=O) groups is 1. The Bertz CT molecular complexity index is 702. The molecule has 1 aliphatic heterocycles. The predicted molar refractivity (Wildman–Crippen MR) is 102 cm³/mol. The van der Waals surface area contributed by atoms with Crippen molar-refractivity contribution < 1.29 is 18.8 Å². The Morgan fingerprint density at radius 3 is 2.74 bits per heavy atom. The van der Waals surface area contributed by atoms with Gasteiger partial charge in [-0.3, -0.25) is 0 Å². The van der Waals surface area contributed by atoms with Crippen molar-refractivity contribution >= 4 is 24.1 Å². The Balaban J connectivity index is 2.10. The van der Waals surface area contributed by atoms with E-state index >= 15 is 0 Å². The number of halogens is 1. The lowest BCUT2D eigenvalue weighted by Gasteiger charge is -2.27. The van der Waals surface area contributed by atoms with Crippen molar-refractivity contribution in [2.45, 2.75) is 38.5 Å². The molecule has 1 N–H and O–H groups in total. The number of carbonyl (C=O) groups excluding carboxylic acids is 1. The van der Waals surface area contributed by atoms with Gasteiger partial charge in [0.2, 0.25) is 6.73 Å². The SMILES string of the molecule is CCCCC(C#N)(CN1C=[N+](COC(=O)OCC)CN1)c1ccc(Cl)cc1. The van der Waals surface area contributed by atoms with Gasteiger partial charge in [-0.2, -0.15) is 10.3 Å². The van der Waals surface area contributed by atoms with Crippen LogP contribution in [-0.4, -0.2) is 48.6 Å². The molecule has 2 rings (SSSR count). The quantitative estimate of drug-likeness (QED) is 0.512. The molecule has 1 unspecified atom stereocenters. The molecule has 1 heterocycles. The van der Waals surface area contributed by atoms with E-state index in [2.05, 4.69) is 18.4 Å². The molecule has 0 spiro atoms. The van der Waals surface area contributed by atoms with Crippen molar-refractivity contribution in [3.63, 3.8) is 0 Å². The maximum atomic E-state index is 11.3. The van der Waals surface area contributed by atoms with E-state index in [0.717, 1.165) is 24.8 Å². The molecule has 1 aliphatic rings. The summed E-state index contributed by atoms with van der Waals surface area (Å²) in [6.45, 7) is 5.14. The highest BCUT2D eigenvalue weighted by Gasteiger charge is 2.38. The molecule has 1 aromatic rings. The highest BCUT2D eigenvalue weighted by molar-refractivity contribution is 6.30. The number of hydrazine groups is 1. The van der Waals surface area contributed by atoms with Crippen LogP contribution >= 0.6 is 11.6 Å². The van der Waals surface area contributed by atoms with Gasteiger partial charge in [-0.1, -0.05) is 43.5 Å². The van der Waals surface area contributed by atoms with Crippen molar-refractivity contribution in [1.82, 2.24) is 10.4 Å². The Kier molecular flexibility index (Phi) is 7.89. The second-order valence-electron chi connectivity index (χ2n) is 6.41. The summed E-state index contributed by atoms with van der Waals surface area (Å²) in [5.41, 5.74) is 3.48. The number of nitriles is 1. The van der Waals surface area contributed by atoms with Crippen molar-refractivity contribution in [2.24, 2.45) is 0 Å². The second kappa shape index (κ2) is 10.1. The maximum absolute atomic E-state index is 11.3. The molecule has 0 fully saturated rings. The van der Waals surface area contributed by atoms with Gasteiger partial charge in [-0.05, 0) is 31.0 Å². The number of hydrogen-bond donors (Lipinski definition) is 1. The molecule has 7 nitrogen and oxygen atoms in total. The molecule has 0 radical (unpaired) electrons. The first-order valence-corrected chi connectivity index (χ1v) is 9.47. The van der Waals surface area contributed by atoms with E-state index in [1.165, 1.54) is 0 Å². The molecule has 1 atom stereocenters. The minimum absolute atomic E-state index is 0.0811. The van der Waals surface area contributed by atoms with Gasteiger partial charge in [-0.15, -0.1) is 5.43 Å². The molecular formula is C19H26ClN4O3+. The lowest BCUT2D eigenvalue weighted by molar-refractivity contribution is -0.554. The zero-order valence-electron chi connectivity index (χ0n) is 15.8. The van der Waals surface area contributed by atoms with Crippen LogP contribution in [0.3, 0.4) is 0 Å². The van der Waals surface area contributed by atoms with Crippen molar-refractivity contribution in [2.75, 3.05) is 26.6 Å². The molecule has 0 aromatic heterocycles. The molecule has 0 bridgehead atoms. The topological polar surface area (TPSA) is 77.6 Å². The van der Waals surface area contributed by atoms with E-state index in [1.54, 1.807) is 11.5 Å². The van der Waals surface area contributed by atoms with Crippen LogP contribution in [0, 0.1) is 11.3 Å². The van der Waals surface area contributed by atoms with Gasteiger partial charge in [0.15, 0.2) is 6.67 Å². The Morgan fingerprint density at radius 1 is 1.37 bits per heavy atom. The third-order valence-electron chi connectivity index (χ3n) is 4.40. The first-order chi connectivity index (χ1) is 13.0. The van der Waals surface area contributed by atoms with E-state index in [0.29, 0.717) is 18.2 Å². The van der Waals surface area contributed by atoms with E-state index < -0.39 is 11.6 Å². The fourth-order valence-corrected chi connectivity index (χ4v) is 3.07. The fourth-order valence-electron chi connectivity index (χ4n) is 2.94. The monoisotopic (exact) mass is 393 g/mol. The Labute approximate surface area is 165 Å². The number of benzene rings is 1. The molecule has 0 saturated heterocycles. The van der Waals surface area contributed by atoms with E-state index in [4.69, 9.17) is 21.1 Å². The lowest BCUT2D eigenvalue weighted by atomic mass is 9.77. The van der Waals surface area contributed by atoms with Gasteiger partial charge in [0, 0.05) is 5.02 Å². The number of unbranched alkanes of at least 4 members (excludes halogenated alkanes) is 1. The van der Waals surface area contributed by atoms with Crippen LogP contribution in [0.15, 0.2) is 24.3 Å². The van der Waals surface area contributed by atoms with Crippen LogP contribution < -0.4 is 5.43 Å². The third kappa shape index (κ3) is 5.84. The molecular weight excluding hydrogens is 368 g/mol. The van der Waals surface area contributed by atoms with E-state index in [1.807, 2.05) is 35.6 Å². The first kappa shape index (κ1) is 21.0. The summed E-state index contributed by atoms with van der Waals surface area (Å²) in [5.74, 6) is 0. The number of hydrogen-bond acceptors (Lipinski definition) is 6. The van der Waals surface area contributed by atoms with Crippen LogP contribution in [0.5, 0.6) is 0 Å². The largest absolute Gasteiger partial charge is 0.511 e. The summed E-state index contributed by atoms with van der Waals surface area (Å²) in [5, 5.41) is 12.5. The number of nitrogens with zero attached hydrogens (tertiary/aromatic N) is 3. The van der Waals surface area contributed by atoms with Gasteiger partial charge < -0.3 is 9.47 Å². The van der Waals surface area contributed by atoms with Gasteiger partial charge in [0.1, 0.15) is 12.0 Å². The highest BCUT2D eigenvalue weighted by Crippen LogP contribution is 2.31. The smallest absolute Gasteiger partial charge is 0.434 e. The van der Waals surface area contributed by atoms with Crippen molar-refractivity contribution in [3.8, 4) is 6.07 Å². The average molecular weight is 394 g/mol. The van der Waals surface area contributed by atoms with Crippen LogP contribution in [0.2, 0.25) is 5.02 Å². The zero-order chi connectivity index (χ0) is 19.7.